The molecule has 1 atom stereocenters. The van der Waals surface area contributed by atoms with Crippen molar-refractivity contribution in [3.8, 4) is 11.1 Å². The average molecular weight is 486 g/mol. The van der Waals surface area contributed by atoms with E-state index in [1.165, 1.54) is 23.5 Å². The minimum atomic E-state index is -2.99. The number of aryl methyl sites for hydroxylation is 1. The molecule has 4 heterocycles. The van der Waals surface area contributed by atoms with Gasteiger partial charge >= 0.3 is 0 Å². The quantitative estimate of drug-likeness (QED) is 0.419. The summed E-state index contributed by atoms with van der Waals surface area (Å²) in [6, 6.07) is 6.33. The molecule has 4 aromatic rings. The van der Waals surface area contributed by atoms with Crippen LogP contribution in [0.3, 0.4) is 0 Å². The van der Waals surface area contributed by atoms with E-state index in [4.69, 9.17) is 0 Å². The lowest BCUT2D eigenvalue weighted by Gasteiger charge is -2.20. The number of anilines is 1. The standard InChI is InChI=1S/C23H24FN5O2S2/c1-14-19(15(2)29(27-14)18-8-9-33(30,31)12-18)10-28(3)22-21-20(11-32-23(21)26-13-25-22)16-4-6-17(24)7-5-16/h4-7,11,13,18H,8-10,12H2,1-3H3/t18-/m0/s1. The van der Waals surface area contributed by atoms with Crippen molar-refractivity contribution < 1.29 is 12.8 Å². The fourth-order valence-electron chi connectivity index (χ4n) is 4.55. The number of sulfone groups is 1. The molecule has 1 saturated heterocycles. The molecule has 5 rings (SSSR count). The topological polar surface area (TPSA) is 81.0 Å². The summed E-state index contributed by atoms with van der Waals surface area (Å²) >= 11 is 1.53. The third-order valence-electron chi connectivity index (χ3n) is 6.29. The number of hydrogen-bond acceptors (Lipinski definition) is 7. The maximum Gasteiger partial charge on any atom is 0.152 e. The number of rotatable bonds is 5. The number of fused-ring (bicyclic) bond motifs is 1. The molecule has 0 radical (unpaired) electrons. The molecule has 0 saturated carbocycles. The van der Waals surface area contributed by atoms with Crippen molar-refractivity contribution >= 4 is 37.2 Å². The van der Waals surface area contributed by atoms with Crippen LogP contribution in [0, 0.1) is 19.7 Å². The Labute approximate surface area is 195 Å². The van der Waals surface area contributed by atoms with Gasteiger partial charge < -0.3 is 4.90 Å². The molecule has 33 heavy (non-hydrogen) atoms. The van der Waals surface area contributed by atoms with Gasteiger partial charge in [0.2, 0.25) is 0 Å². The third-order valence-corrected chi connectivity index (χ3v) is 8.93. The SMILES string of the molecule is Cc1nn([C@H]2CCS(=O)(=O)C2)c(C)c1CN(C)c1ncnc2scc(-c3ccc(F)cc3)c12. The van der Waals surface area contributed by atoms with Crippen molar-refractivity contribution in [1.82, 2.24) is 19.7 Å². The molecule has 10 heteroatoms. The van der Waals surface area contributed by atoms with Crippen LogP contribution in [0.1, 0.15) is 29.4 Å². The van der Waals surface area contributed by atoms with E-state index in [0.29, 0.717) is 13.0 Å². The van der Waals surface area contributed by atoms with Crippen LogP contribution in [0.4, 0.5) is 10.2 Å². The second-order valence-corrected chi connectivity index (χ2v) is 11.6. The summed E-state index contributed by atoms with van der Waals surface area (Å²) in [5.41, 5.74) is 4.81. The Morgan fingerprint density at radius 2 is 1.97 bits per heavy atom. The van der Waals surface area contributed by atoms with E-state index in [0.717, 1.165) is 44.1 Å². The van der Waals surface area contributed by atoms with Crippen LogP contribution in [-0.4, -0.2) is 46.7 Å². The zero-order valence-corrected chi connectivity index (χ0v) is 20.2. The minimum Gasteiger partial charge on any atom is -0.355 e. The molecule has 0 aliphatic carbocycles. The lowest BCUT2D eigenvalue weighted by Crippen LogP contribution is -2.19. The average Bonchev–Trinajstić information content (AvgIpc) is 3.45. The fraction of sp³-hybridized carbons (Fsp3) is 0.348. The number of hydrogen-bond donors (Lipinski definition) is 0. The highest BCUT2D eigenvalue weighted by Crippen LogP contribution is 2.38. The van der Waals surface area contributed by atoms with Gasteiger partial charge in [-0.05, 0) is 38.0 Å². The number of benzene rings is 1. The molecule has 0 spiro atoms. The first-order valence-electron chi connectivity index (χ1n) is 10.7. The van der Waals surface area contributed by atoms with Crippen LogP contribution in [0.5, 0.6) is 0 Å². The van der Waals surface area contributed by atoms with E-state index in [9.17, 15) is 12.8 Å². The highest BCUT2D eigenvalue weighted by Gasteiger charge is 2.31. The summed E-state index contributed by atoms with van der Waals surface area (Å²) in [5.74, 6) is 0.877. The van der Waals surface area contributed by atoms with E-state index in [-0.39, 0.29) is 23.4 Å². The summed E-state index contributed by atoms with van der Waals surface area (Å²) in [6.45, 7) is 4.53. The normalized spacial score (nSPS) is 17.6. The minimum absolute atomic E-state index is 0.111. The van der Waals surface area contributed by atoms with Gasteiger partial charge in [-0.1, -0.05) is 12.1 Å². The van der Waals surface area contributed by atoms with Gasteiger partial charge in [0.05, 0.1) is 28.6 Å². The van der Waals surface area contributed by atoms with E-state index >= 15 is 0 Å². The van der Waals surface area contributed by atoms with Gasteiger partial charge in [-0.15, -0.1) is 11.3 Å². The zero-order valence-electron chi connectivity index (χ0n) is 18.6. The summed E-state index contributed by atoms with van der Waals surface area (Å²) in [7, 11) is -1.02. The molecule has 0 amide bonds. The van der Waals surface area contributed by atoms with Crippen LogP contribution in [0.2, 0.25) is 0 Å². The van der Waals surface area contributed by atoms with Crippen molar-refractivity contribution in [2.45, 2.75) is 32.9 Å². The van der Waals surface area contributed by atoms with E-state index in [1.54, 1.807) is 18.5 Å². The third kappa shape index (κ3) is 4.02. The highest BCUT2D eigenvalue weighted by atomic mass is 32.2. The van der Waals surface area contributed by atoms with Gasteiger partial charge in [0.1, 0.15) is 22.8 Å². The predicted octanol–water partition coefficient (Wildman–Crippen LogP) is 4.31. The Bertz CT molecular complexity index is 1440. The van der Waals surface area contributed by atoms with Crippen molar-refractivity contribution in [3.63, 3.8) is 0 Å². The summed E-state index contributed by atoms with van der Waals surface area (Å²) in [5, 5.41) is 7.65. The van der Waals surface area contributed by atoms with Crippen LogP contribution >= 0.6 is 11.3 Å². The number of halogens is 1. The number of aromatic nitrogens is 4. The Balaban J connectivity index is 1.50. The maximum absolute atomic E-state index is 13.5. The van der Waals surface area contributed by atoms with Gasteiger partial charge in [-0.25, -0.2) is 22.8 Å². The van der Waals surface area contributed by atoms with Gasteiger partial charge in [-0.3, -0.25) is 4.68 Å². The fourth-order valence-corrected chi connectivity index (χ4v) is 7.15. The van der Waals surface area contributed by atoms with Crippen LogP contribution in [0.25, 0.3) is 21.3 Å². The molecule has 1 aliphatic heterocycles. The van der Waals surface area contributed by atoms with E-state index in [2.05, 4.69) is 20.0 Å². The Kier molecular flexibility index (Phi) is 5.44. The smallest absolute Gasteiger partial charge is 0.152 e. The molecule has 0 N–H and O–H groups in total. The molecule has 1 aliphatic rings. The van der Waals surface area contributed by atoms with Crippen molar-refractivity contribution in [2.75, 3.05) is 23.5 Å². The van der Waals surface area contributed by atoms with Gasteiger partial charge in [0.25, 0.3) is 0 Å². The summed E-state index contributed by atoms with van der Waals surface area (Å²) in [6.07, 6.45) is 2.16. The second-order valence-electron chi connectivity index (χ2n) is 8.54. The largest absolute Gasteiger partial charge is 0.355 e. The highest BCUT2D eigenvalue weighted by molar-refractivity contribution is 7.91. The van der Waals surface area contributed by atoms with E-state index in [1.807, 2.05) is 31.0 Å². The zero-order chi connectivity index (χ0) is 23.3. The van der Waals surface area contributed by atoms with Crippen molar-refractivity contribution in [2.24, 2.45) is 0 Å². The monoisotopic (exact) mass is 485 g/mol. The molecule has 7 nitrogen and oxygen atoms in total. The molecular weight excluding hydrogens is 461 g/mol. The molecule has 0 bridgehead atoms. The molecule has 3 aromatic heterocycles. The lowest BCUT2D eigenvalue weighted by atomic mass is 10.1. The number of nitrogens with zero attached hydrogens (tertiary/aromatic N) is 5. The van der Waals surface area contributed by atoms with Crippen LogP contribution < -0.4 is 4.90 Å². The predicted molar refractivity (Wildman–Crippen MR) is 129 cm³/mol. The Hall–Kier alpha value is -2.85. The Morgan fingerprint density at radius 1 is 1.21 bits per heavy atom. The molecule has 172 valence electrons. The maximum atomic E-state index is 13.5. The lowest BCUT2D eigenvalue weighted by molar-refractivity contribution is 0.485. The summed E-state index contributed by atoms with van der Waals surface area (Å²) < 4.78 is 39.3. The Morgan fingerprint density at radius 3 is 2.67 bits per heavy atom. The van der Waals surface area contributed by atoms with Crippen LogP contribution in [-0.2, 0) is 16.4 Å². The van der Waals surface area contributed by atoms with Gasteiger partial charge in [-0.2, -0.15) is 5.10 Å². The van der Waals surface area contributed by atoms with Gasteiger partial charge in [0.15, 0.2) is 9.84 Å². The molecule has 0 unspecified atom stereocenters. The first-order chi connectivity index (χ1) is 15.7. The van der Waals surface area contributed by atoms with E-state index < -0.39 is 9.84 Å². The van der Waals surface area contributed by atoms with Crippen molar-refractivity contribution in [3.05, 3.63) is 58.7 Å². The molecule has 1 aromatic carbocycles. The second kappa shape index (κ2) is 8.18. The summed E-state index contributed by atoms with van der Waals surface area (Å²) in [4.78, 5) is 11.9. The first kappa shape index (κ1) is 22.0. The molecule has 1 fully saturated rings. The number of thiophene rings is 1. The first-order valence-corrected chi connectivity index (χ1v) is 13.4. The van der Waals surface area contributed by atoms with Gasteiger partial charge in [0, 0.05) is 35.8 Å². The molecular formula is C23H24FN5O2S2. The van der Waals surface area contributed by atoms with Crippen LogP contribution in [0.15, 0.2) is 36.0 Å². The van der Waals surface area contributed by atoms with Crippen molar-refractivity contribution in [1.29, 1.82) is 0 Å².